The molecule has 2 aromatic rings. The van der Waals surface area contributed by atoms with E-state index >= 15 is 0 Å². The molecule has 1 N–H and O–H groups in total. The van der Waals surface area contributed by atoms with Gasteiger partial charge >= 0.3 is 0 Å². The van der Waals surface area contributed by atoms with Crippen LogP contribution in [0.3, 0.4) is 0 Å². The zero-order valence-electron chi connectivity index (χ0n) is 13.1. The Morgan fingerprint density at radius 3 is 2.61 bits per heavy atom. The Balaban J connectivity index is 1.64. The quantitative estimate of drug-likeness (QED) is 0.692. The van der Waals surface area contributed by atoms with E-state index in [2.05, 4.69) is 15.2 Å². The molecular weight excluding hydrogens is 292 g/mol. The van der Waals surface area contributed by atoms with Crippen LogP contribution in [0.15, 0.2) is 42.5 Å². The summed E-state index contributed by atoms with van der Waals surface area (Å²) in [5.41, 5.74) is 1.89. The van der Waals surface area contributed by atoms with E-state index in [0.717, 1.165) is 37.4 Å². The van der Waals surface area contributed by atoms with Gasteiger partial charge in [-0.15, -0.1) is 0 Å². The van der Waals surface area contributed by atoms with Crippen LogP contribution in [0, 0.1) is 17.0 Å². The van der Waals surface area contributed by atoms with Gasteiger partial charge in [-0.2, -0.15) is 0 Å². The summed E-state index contributed by atoms with van der Waals surface area (Å²) < 4.78 is 0. The van der Waals surface area contributed by atoms with E-state index in [9.17, 15) is 10.1 Å². The van der Waals surface area contributed by atoms with Gasteiger partial charge in [-0.1, -0.05) is 18.2 Å². The maximum atomic E-state index is 11.2. The lowest BCUT2D eigenvalue weighted by Crippen LogP contribution is -2.39. The lowest BCUT2D eigenvalue weighted by Gasteiger charge is -2.33. The van der Waals surface area contributed by atoms with Gasteiger partial charge in [0.1, 0.15) is 11.5 Å². The number of aromatic nitrogens is 1. The smallest absolute Gasteiger partial charge is 0.292 e. The van der Waals surface area contributed by atoms with Crippen LogP contribution in [-0.2, 0) is 0 Å². The largest absolute Gasteiger partial charge is 0.367 e. The van der Waals surface area contributed by atoms with Gasteiger partial charge in [0.15, 0.2) is 0 Å². The SMILES string of the molecule is Cc1cccc(NC2CCN(c3ccccc3[N+](=O)[O-])CC2)n1. The minimum absolute atomic E-state index is 0.180. The minimum atomic E-state index is -0.309. The Morgan fingerprint density at radius 2 is 1.91 bits per heavy atom. The van der Waals surface area contributed by atoms with Gasteiger partial charge < -0.3 is 10.2 Å². The number of hydrogen-bond acceptors (Lipinski definition) is 5. The maximum Gasteiger partial charge on any atom is 0.292 e. The van der Waals surface area contributed by atoms with Crippen molar-refractivity contribution in [2.75, 3.05) is 23.3 Å². The van der Waals surface area contributed by atoms with Crippen molar-refractivity contribution < 1.29 is 4.92 Å². The van der Waals surface area contributed by atoms with Crippen LogP contribution in [0.25, 0.3) is 0 Å². The Kier molecular flexibility index (Phi) is 4.41. The molecule has 0 unspecified atom stereocenters. The van der Waals surface area contributed by atoms with Crippen LogP contribution >= 0.6 is 0 Å². The third kappa shape index (κ3) is 3.59. The zero-order valence-corrected chi connectivity index (χ0v) is 13.1. The fourth-order valence-electron chi connectivity index (χ4n) is 2.98. The van der Waals surface area contributed by atoms with Crippen LogP contribution in [-0.4, -0.2) is 29.0 Å². The number of hydrogen-bond donors (Lipinski definition) is 1. The van der Waals surface area contributed by atoms with Crippen molar-refractivity contribution >= 4 is 17.2 Å². The van der Waals surface area contributed by atoms with Gasteiger partial charge in [-0.05, 0) is 38.0 Å². The van der Waals surface area contributed by atoms with Gasteiger partial charge in [-0.25, -0.2) is 4.98 Å². The van der Waals surface area contributed by atoms with Gasteiger partial charge in [0, 0.05) is 30.9 Å². The summed E-state index contributed by atoms with van der Waals surface area (Å²) in [4.78, 5) is 17.4. The second kappa shape index (κ2) is 6.64. The number of rotatable bonds is 4. The van der Waals surface area contributed by atoms with E-state index in [0.29, 0.717) is 11.7 Å². The fraction of sp³-hybridized carbons (Fsp3) is 0.353. The third-order valence-electron chi connectivity index (χ3n) is 4.15. The molecule has 3 rings (SSSR count). The number of nitrogens with zero attached hydrogens (tertiary/aromatic N) is 3. The van der Waals surface area contributed by atoms with Crippen molar-refractivity contribution in [1.29, 1.82) is 0 Å². The van der Waals surface area contributed by atoms with Gasteiger partial charge in [0.25, 0.3) is 5.69 Å². The van der Waals surface area contributed by atoms with Crippen LogP contribution in [0.1, 0.15) is 18.5 Å². The van der Waals surface area contributed by atoms with Gasteiger partial charge in [0.2, 0.25) is 0 Å². The number of para-hydroxylation sites is 2. The van der Waals surface area contributed by atoms with Crippen LogP contribution in [0.2, 0.25) is 0 Å². The molecule has 1 aliphatic heterocycles. The summed E-state index contributed by atoms with van der Waals surface area (Å²) in [5, 5.41) is 14.6. The van der Waals surface area contributed by atoms with E-state index in [4.69, 9.17) is 0 Å². The van der Waals surface area contributed by atoms with Crippen molar-refractivity contribution in [3.63, 3.8) is 0 Å². The molecule has 0 atom stereocenters. The molecule has 1 saturated heterocycles. The van der Waals surface area contributed by atoms with E-state index in [-0.39, 0.29) is 10.6 Å². The van der Waals surface area contributed by atoms with Crippen molar-refractivity contribution in [2.24, 2.45) is 0 Å². The normalized spacial score (nSPS) is 15.4. The molecule has 0 radical (unpaired) electrons. The molecule has 6 nitrogen and oxygen atoms in total. The first-order valence-corrected chi connectivity index (χ1v) is 7.82. The molecule has 120 valence electrons. The molecular formula is C17H20N4O2. The van der Waals surface area contributed by atoms with E-state index < -0.39 is 0 Å². The van der Waals surface area contributed by atoms with Crippen LogP contribution in [0.5, 0.6) is 0 Å². The monoisotopic (exact) mass is 312 g/mol. The Labute approximate surface area is 135 Å². The molecule has 1 aliphatic rings. The molecule has 0 bridgehead atoms. The summed E-state index contributed by atoms with van der Waals surface area (Å²) in [6.45, 7) is 3.57. The van der Waals surface area contributed by atoms with E-state index in [1.165, 1.54) is 0 Å². The first-order chi connectivity index (χ1) is 11.1. The summed E-state index contributed by atoms with van der Waals surface area (Å²) in [7, 11) is 0. The molecule has 1 fully saturated rings. The molecule has 0 aliphatic carbocycles. The fourth-order valence-corrected chi connectivity index (χ4v) is 2.98. The molecule has 1 aromatic carbocycles. The van der Waals surface area contributed by atoms with Crippen molar-refractivity contribution in [2.45, 2.75) is 25.8 Å². The van der Waals surface area contributed by atoms with Crippen LogP contribution < -0.4 is 10.2 Å². The predicted octanol–water partition coefficient (Wildman–Crippen LogP) is 3.38. The topological polar surface area (TPSA) is 71.3 Å². The van der Waals surface area contributed by atoms with E-state index in [1.807, 2.05) is 37.3 Å². The highest BCUT2D eigenvalue weighted by molar-refractivity contribution is 5.63. The van der Waals surface area contributed by atoms with Crippen molar-refractivity contribution in [3.05, 3.63) is 58.3 Å². The Morgan fingerprint density at radius 1 is 1.17 bits per heavy atom. The molecule has 2 heterocycles. The van der Waals surface area contributed by atoms with Crippen molar-refractivity contribution in [3.8, 4) is 0 Å². The maximum absolute atomic E-state index is 11.2. The minimum Gasteiger partial charge on any atom is -0.367 e. The Hall–Kier alpha value is -2.63. The molecule has 0 spiro atoms. The third-order valence-corrected chi connectivity index (χ3v) is 4.15. The lowest BCUT2D eigenvalue weighted by molar-refractivity contribution is -0.384. The highest BCUT2D eigenvalue weighted by Crippen LogP contribution is 2.30. The number of piperidine rings is 1. The molecule has 0 amide bonds. The highest BCUT2D eigenvalue weighted by atomic mass is 16.6. The highest BCUT2D eigenvalue weighted by Gasteiger charge is 2.24. The average molecular weight is 312 g/mol. The first-order valence-electron chi connectivity index (χ1n) is 7.82. The summed E-state index contributed by atoms with van der Waals surface area (Å²) in [5.74, 6) is 0.897. The van der Waals surface area contributed by atoms with Crippen molar-refractivity contribution in [1.82, 2.24) is 4.98 Å². The number of aryl methyl sites for hydroxylation is 1. The number of anilines is 2. The van der Waals surface area contributed by atoms with Crippen LogP contribution in [0.4, 0.5) is 17.2 Å². The average Bonchev–Trinajstić information content (AvgIpc) is 2.55. The number of benzene rings is 1. The van der Waals surface area contributed by atoms with Gasteiger partial charge in [0.05, 0.1) is 4.92 Å². The zero-order chi connectivity index (χ0) is 16.2. The molecule has 1 aromatic heterocycles. The van der Waals surface area contributed by atoms with Gasteiger partial charge in [-0.3, -0.25) is 10.1 Å². The van der Waals surface area contributed by atoms with E-state index in [1.54, 1.807) is 12.1 Å². The number of nitro groups is 1. The number of nitro benzene ring substituents is 1. The number of nitrogens with one attached hydrogen (secondary N) is 1. The lowest BCUT2D eigenvalue weighted by atomic mass is 10.0. The first kappa shape index (κ1) is 15.3. The Bertz CT molecular complexity index is 696. The molecule has 23 heavy (non-hydrogen) atoms. The predicted molar refractivity (Wildman–Crippen MR) is 90.9 cm³/mol. The second-order valence-electron chi connectivity index (χ2n) is 5.82. The summed E-state index contributed by atoms with van der Waals surface area (Å²) in [6, 6.07) is 13.2. The summed E-state index contributed by atoms with van der Waals surface area (Å²) >= 11 is 0. The number of pyridine rings is 1. The summed E-state index contributed by atoms with van der Waals surface area (Å²) in [6.07, 6.45) is 1.86. The standard InChI is InChI=1S/C17H20N4O2/c1-13-5-4-8-17(18-13)19-14-9-11-20(12-10-14)15-6-2-3-7-16(15)21(22)23/h2-8,14H,9-12H2,1H3,(H,18,19). The molecule has 6 heteroatoms. The second-order valence-corrected chi connectivity index (χ2v) is 5.82. The molecule has 0 saturated carbocycles.